The molecule has 1 aromatic carbocycles. The van der Waals surface area contributed by atoms with Crippen molar-refractivity contribution in [3.05, 3.63) is 53.9 Å². The molecule has 0 bridgehead atoms. The number of carbonyl (C=O) groups is 2. The van der Waals surface area contributed by atoms with Gasteiger partial charge in [0.2, 0.25) is 5.88 Å². The SMILES string of the molecule is COc1ccc2ncc(C(=O)Nc3cccc(CC(=O)OC(C)(C)C)c3)n2n1. The fourth-order valence-corrected chi connectivity index (χ4v) is 2.62. The third kappa shape index (κ3) is 4.64. The molecule has 8 heteroatoms. The zero-order valence-electron chi connectivity index (χ0n) is 16.2. The number of anilines is 1. The van der Waals surface area contributed by atoms with Gasteiger partial charge in [0.1, 0.15) is 5.60 Å². The third-order valence-electron chi connectivity index (χ3n) is 3.73. The van der Waals surface area contributed by atoms with Gasteiger partial charge in [0, 0.05) is 11.8 Å². The molecule has 146 valence electrons. The molecule has 0 aliphatic carbocycles. The van der Waals surface area contributed by atoms with E-state index in [4.69, 9.17) is 9.47 Å². The summed E-state index contributed by atoms with van der Waals surface area (Å²) < 4.78 is 11.8. The minimum Gasteiger partial charge on any atom is -0.480 e. The molecule has 3 rings (SSSR count). The topological polar surface area (TPSA) is 94.8 Å². The maximum Gasteiger partial charge on any atom is 0.310 e. The number of fused-ring (bicyclic) bond motifs is 1. The normalized spacial score (nSPS) is 11.3. The quantitative estimate of drug-likeness (QED) is 0.682. The van der Waals surface area contributed by atoms with Crippen LogP contribution in [0.1, 0.15) is 36.8 Å². The maximum atomic E-state index is 12.7. The van der Waals surface area contributed by atoms with Gasteiger partial charge < -0.3 is 14.8 Å². The fourth-order valence-electron chi connectivity index (χ4n) is 2.62. The Morgan fingerprint density at radius 1 is 1.18 bits per heavy atom. The van der Waals surface area contributed by atoms with Crippen molar-refractivity contribution in [1.29, 1.82) is 0 Å². The average Bonchev–Trinajstić information content (AvgIpc) is 3.03. The number of aromatic nitrogens is 3. The third-order valence-corrected chi connectivity index (χ3v) is 3.73. The van der Waals surface area contributed by atoms with Crippen LogP contribution >= 0.6 is 0 Å². The molecule has 2 aromatic heterocycles. The molecule has 0 spiro atoms. The summed E-state index contributed by atoms with van der Waals surface area (Å²) in [6, 6.07) is 10.4. The lowest BCUT2D eigenvalue weighted by atomic mass is 10.1. The maximum absolute atomic E-state index is 12.7. The Labute approximate surface area is 162 Å². The highest BCUT2D eigenvalue weighted by atomic mass is 16.6. The number of hydrogen-bond acceptors (Lipinski definition) is 6. The molecule has 0 fully saturated rings. The average molecular weight is 382 g/mol. The summed E-state index contributed by atoms with van der Waals surface area (Å²) in [5.41, 5.74) is 1.56. The van der Waals surface area contributed by atoms with Crippen molar-refractivity contribution in [2.24, 2.45) is 0 Å². The second kappa shape index (κ2) is 7.67. The summed E-state index contributed by atoms with van der Waals surface area (Å²) in [6.45, 7) is 5.46. The van der Waals surface area contributed by atoms with Crippen molar-refractivity contribution < 1.29 is 19.1 Å². The number of amides is 1. The zero-order valence-corrected chi connectivity index (χ0v) is 16.2. The molecule has 0 radical (unpaired) electrons. The summed E-state index contributed by atoms with van der Waals surface area (Å²) in [6.07, 6.45) is 1.57. The minimum atomic E-state index is -0.542. The lowest BCUT2D eigenvalue weighted by molar-refractivity contribution is -0.153. The van der Waals surface area contributed by atoms with Crippen LogP contribution in [0.4, 0.5) is 5.69 Å². The number of carbonyl (C=O) groups excluding carboxylic acids is 2. The molecular formula is C20H22N4O4. The van der Waals surface area contributed by atoms with Gasteiger partial charge in [-0.25, -0.2) is 9.50 Å². The monoisotopic (exact) mass is 382 g/mol. The first-order valence-electron chi connectivity index (χ1n) is 8.76. The van der Waals surface area contributed by atoms with Crippen LogP contribution < -0.4 is 10.1 Å². The summed E-state index contributed by atoms with van der Waals surface area (Å²) in [5, 5.41) is 7.02. The van der Waals surface area contributed by atoms with Crippen LogP contribution in [0, 0.1) is 0 Å². The molecule has 0 aliphatic heterocycles. The number of imidazole rings is 1. The van der Waals surface area contributed by atoms with E-state index in [0.717, 1.165) is 5.56 Å². The Bertz CT molecular complexity index is 1020. The van der Waals surface area contributed by atoms with E-state index in [-0.39, 0.29) is 24.0 Å². The first-order chi connectivity index (χ1) is 13.2. The zero-order chi connectivity index (χ0) is 20.3. The predicted molar refractivity (Wildman–Crippen MR) is 103 cm³/mol. The molecular weight excluding hydrogens is 360 g/mol. The number of nitrogens with zero attached hydrogens (tertiary/aromatic N) is 3. The molecule has 1 N–H and O–H groups in total. The molecule has 2 heterocycles. The largest absolute Gasteiger partial charge is 0.480 e. The molecule has 0 atom stereocenters. The lowest BCUT2D eigenvalue weighted by Gasteiger charge is -2.19. The number of rotatable bonds is 5. The molecule has 3 aromatic rings. The summed E-state index contributed by atoms with van der Waals surface area (Å²) in [4.78, 5) is 28.9. The Hall–Kier alpha value is -3.42. The molecule has 8 nitrogen and oxygen atoms in total. The van der Waals surface area contributed by atoms with Crippen molar-refractivity contribution in [2.45, 2.75) is 32.8 Å². The van der Waals surface area contributed by atoms with Crippen LogP contribution in [-0.4, -0.2) is 39.2 Å². The molecule has 0 unspecified atom stereocenters. The van der Waals surface area contributed by atoms with Crippen LogP contribution in [0.25, 0.3) is 5.65 Å². The van der Waals surface area contributed by atoms with E-state index in [1.54, 1.807) is 36.4 Å². The highest BCUT2D eigenvalue weighted by Crippen LogP contribution is 2.16. The van der Waals surface area contributed by atoms with E-state index < -0.39 is 5.60 Å². The number of esters is 1. The molecule has 0 saturated heterocycles. The van der Waals surface area contributed by atoms with Gasteiger partial charge in [-0.1, -0.05) is 12.1 Å². The van der Waals surface area contributed by atoms with Crippen molar-refractivity contribution in [2.75, 3.05) is 12.4 Å². The first-order valence-corrected chi connectivity index (χ1v) is 8.76. The van der Waals surface area contributed by atoms with Crippen LogP contribution in [0.3, 0.4) is 0 Å². The van der Waals surface area contributed by atoms with E-state index in [0.29, 0.717) is 17.2 Å². The second-order valence-electron chi connectivity index (χ2n) is 7.21. The fraction of sp³-hybridized carbons (Fsp3) is 0.300. The lowest BCUT2D eigenvalue weighted by Crippen LogP contribution is -2.24. The summed E-state index contributed by atoms with van der Waals surface area (Å²) in [7, 11) is 1.50. The first kappa shape index (κ1) is 19.3. The van der Waals surface area contributed by atoms with Crippen LogP contribution in [0.5, 0.6) is 5.88 Å². The van der Waals surface area contributed by atoms with E-state index in [1.807, 2.05) is 20.8 Å². The Morgan fingerprint density at radius 3 is 2.68 bits per heavy atom. The number of nitrogens with one attached hydrogen (secondary N) is 1. The van der Waals surface area contributed by atoms with Gasteiger partial charge in [-0.3, -0.25) is 9.59 Å². The molecule has 0 saturated carbocycles. The van der Waals surface area contributed by atoms with Crippen molar-refractivity contribution in [3.8, 4) is 5.88 Å². The van der Waals surface area contributed by atoms with Gasteiger partial charge in [0.15, 0.2) is 11.3 Å². The van der Waals surface area contributed by atoms with Gasteiger partial charge in [0.25, 0.3) is 5.91 Å². The van der Waals surface area contributed by atoms with Gasteiger partial charge >= 0.3 is 5.97 Å². The Kier molecular flexibility index (Phi) is 5.30. The van der Waals surface area contributed by atoms with Crippen molar-refractivity contribution in [3.63, 3.8) is 0 Å². The van der Waals surface area contributed by atoms with E-state index >= 15 is 0 Å². The summed E-state index contributed by atoms with van der Waals surface area (Å²) >= 11 is 0. The second-order valence-corrected chi connectivity index (χ2v) is 7.21. The van der Waals surface area contributed by atoms with Gasteiger partial charge in [-0.05, 0) is 44.5 Å². The Morgan fingerprint density at radius 2 is 1.96 bits per heavy atom. The summed E-state index contributed by atoms with van der Waals surface area (Å²) in [5.74, 6) is -0.323. The number of ether oxygens (including phenoxy) is 2. The van der Waals surface area contributed by atoms with E-state index in [2.05, 4.69) is 15.4 Å². The number of benzene rings is 1. The van der Waals surface area contributed by atoms with Crippen LogP contribution in [0.2, 0.25) is 0 Å². The minimum absolute atomic E-state index is 0.120. The highest BCUT2D eigenvalue weighted by Gasteiger charge is 2.17. The molecule has 1 amide bonds. The molecule has 0 aliphatic rings. The van der Waals surface area contributed by atoms with E-state index in [1.165, 1.54) is 17.8 Å². The highest BCUT2D eigenvalue weighted by molar-refractivity contribution is 6.03. The Balaban J connectivity index is 1.75. The van der Waals surface area contributed by atoms with Crippen molar-refractivity contribution in [1.82, 2.24) is 14.6 Å². The van der Waals surface area contributed by atoms with E-state index in [9.17, 15) is 9.59 Å². The van der Waals surface area contributed by atoms with Crippen molar-refractivity contribution >= 4 is 23.2 Å². The number of hydrogen-bond donors (Lipinski definition) is 1. The van der Waals surface area contributed by atoms with Crippen LogP contribution in [-0.2, 0) is 16.0 Å². The number of methoxy groups -OCH3 is 1. The predicted octanol–water partition coefficient (Wildman–Crippen LogP) is 2.87. The van der Waals surface area contributed by atoms with Gasteiger partial charge in [-0.2, -0.15) is 0 Å². The van der Waals surface area contributed by atoms with Crippen LogP contribution in [0.15, 0.2) is 42.6 Å². The smallest absolute Gasteiger partial charge is 0.310 e. The van der Waals surface area contributed by atoms with Gasteiger partial charge in [-0.15, -0.1) is 5.10 Å². The van der Waals surface area contributed by atoms with Gasteiger partial charge in [0.05, 0.1) is 19.7 Å². The molecule has 28 heavy (non-hydrogen) atoms. The standard InChI is InChI=1S/C20H22N4O4/c1-20(2,3)28-18(25)11-13-6-5-7-14(10-13)22-19(26)15-12-21-16-8-9-17(27-4)23-24(15)16/h5-10,12H,11H2,1-4H3,(H,22,26).